The summed E-state index contributed by atoms with van der Waals surface area (Å²) in [5, 5.41) is 3.74. The van der Waals surface area contributed by atoms with Crippen LogP contribution >= 0.6 is 0 Å². The number of cyclic esters (lactones) is 2. The van der Waals surface area contributed by atoms with Gasteiger partial charge < -0.3 is 9.47 Å². The minimum Gasteiger partial charge on any atom is -0.418 e. The summed E-state index contributed by atoms with van der Waals surface area (Å²) in [7, 11) is 0. The predicted octanol–water partition coefficient (Wildman–Crippen LogP) is 1.54. The molecule has 0 unspecified atom stereocenters. The third-order valence-electron chi connectivity index (χ3n) is 3.90. The van der Waals surface area contributed by atoms with E-state index in [1.807, 2.05) is 13.8 Å². The van der Waals surface area contributed by atoms with Gasteiger partial charge in [-0.15, -0.1) is 0 Å². The fourth-order valence-electron chi connectivity index (χ4n) is 2.81. The summed E-state index contributed by atoms with van der Waals surface area (Å²) in [5.41, 5.74) is 2.52. The Labute approximate surface area is 171 Å². The van der Waals surface area contributed by atoms with Gasteiger partial charge in [0.05, 0.1) is 16.8 Å². The number of hydrogen-bond acceptors (Lipinski definition) is 8. The van der Waals surface area contributed by atoms with Crippen LogP contribution in [-0.2, 0) is 35.6 Å². The standard InChI is InChI=1S/C18H19N3O6.Ni/c1-9(2)8-21-14(22)10-6-5-7-11(12(10)15(21)23)19-20-13-16(24)26-18(3,4)27-17(13)25;/h5-7,9,19H,8H2,1-4H3;/q;+2. The van der Waals surface area contributed by atoms with E-state index in [-0.39, 0.29) is 45.8 Å². The SMILES string of the molecule is CC(C)CN1C(=O)c2cccc(NN=C3C(=O)OC(C)(C)OC3=O)c2C1=O.[Ni+2]. The Hall–Kier alpha value is -2.74. The number of fused-ring (bicyclic) bond motifs is 1. The van der Waals surface area contributed by atoms with Gasteiger partial charge in [0.2, 0.25) is 0 Å². The largest absolute Gasteiger partial charge is 2.00 e. The average Bonchev–Trinajstić information content (AvgIpc) is 2.78. The number of carbonyl (C=O) groups excluding carboxylic acids is 4. The Kier molecular flexibility index (Phi) is 5.94. The third kappa shape index (κ3) is 3.92. The van der Waals surface area contributed by atoms with Gasteiger partial charge in [-0.25, -0.2) is 9.59 Å². The first-order valence-electron chi connectivity index (χ1n) is 8.40. The number of nitrogens with zero attached hydrogens (tertiary/aromatic N) is 2. The van der Waals surface area contributed by atoms with Gasteiger partial charge in [-0.1, -0.05) is 19.9 Å². The molecule has 28 heavy (non-hydrogen) atoms. The van der Waals surface area contributed by atoms with E-state index in [9.17, 15) is 19.2 Å². The summed E-state index contributed by atoms with van der Waals surface area (Å²) in [6.45, 7) is 6.93. The number of benzene rings is 1. The van der Waals surface area contributed by atoms with Crippen molar-refractivity contribution in [3.63, 3.8) is 0 Å². The molecule has 0 aromatic heterocycles. The number of hydrazone groups is 1. The summed E-state index contributed by atoms with van der Waals surface area (Å²) in [4.78, 5) is 50.2. The monoisotopic (exact) mass is 431 g/mol. The summed E-state index contributed by atoms with van der Waals surface area (Å²) in [6.07, 6.45) is 0. The van der Waals surface area contributed by atoms with E-state index in [1.165, 1.54) is 24.8 Å². The third-order valence-corrected chi connectivity index (χ3v) is 3.90. The second-order valence-electron chi connectivity index (χ2n) is 7.09. The Balaban J connectivity index is 0.00000280. The molecule has 0 aliphatic carbocycles. The molecule has 0 saturated carbocycles. The van der Waals surface area contributed by atoms with Crippen molar-refractivity contribution >= 4 is 35.2 Å². The number of hydrogen-bond donors (Lipinski definition) is 1. The van der Waals surface area contributed by atoms with Gasteiger partial charge in [0, 0.05) is 20.4 Å². The van der Waals surface area contributed by atoms with Crippen LogP contribution in [0.4, 0.5) is 5.69 Å². The minimum absolute atomic E-state index is 0. The first-order valence-corrected chi connectivity index (χ1v) is 8.40. The summed E-state index contributed by atoms with van der Waals surface area (Å²) in [5.74, 6) is -4.00. The van der Waals surface area contributed by atoms with Gasteiger partial charge in [-0.3, -0.25) is 19.9 Å². The normalized spacial score (nSPS) is 17.8. The van der Waals surface area contributed by atoms with Crippen LogP contribution in [-0.4, -0.2) is 46.7 Å². The van der Waals surface area contributed by atoms with Crippen LogP contribution < -0.4 is 5.43 Å². The minimum atomic E-state index is -1.37. The maximum Gasteiger partial charge on any atom is 2.00 e. The van der Waals surface area contributed by atoms with Crippen LogP contribution in [0.15, 0.2) is 23.3 Å². The first-order chi connectivity index (χ1) is 12.6. The van der Waals surface area contributed by atoms with Crippen LogP contribution in [0.1, 0.15) is 48.4 Å². The van der Waals surface area contributed by atoms with E-state index in [1.54, 1.807) is 12.1 Å². The van der Waals surface area contributed by atoms with Crippen molar-refractivity contribution in [1.82, 2.24) is 4.90 Å². The van der Waals surface area contributed by atoms with Gasteiger partial charge in [0.25, 0.3) is 23.3 Å². The van der Waals surface area contributed by atoms with Crippen LogP contribution in [0.5, 0.6) is 0 Å². The average molecular weight is 432 g/mol. The van der Waals surface area contributed by atoms with Crippen molar-refractivity contribution in [2.45, 2.75) is 33.5 Å². The van der Waals surface area contributed by atoms with Crippen molar-refractivity contribution in [3.05, 3.63) is 29.3 Å². The Morgan fingerprint density at radius 3 is 2.25 bits per heavy atom. The molecule has 1 N–H and O–H groups in total. The molecule has 1 aromatic rings. The molecule has 2 amide bonds. The maximum absolute atomic E-state index is 12.7. The van der Waals surface area contributed by atoms with Gasteiger partial charge in [0.1, 0.15) is 0 Å². The molecule has 9 nitrogen and oxygen atoms in total. The smallest absolute Gasteiger partial charge is 0.418 e. The van der Waals surface area contributed by atoms with Crippen LogP contribution in [0.25, 0.3) is 0 Å². The quantitative estimate of drug-likeness (QED) is 0.332. The number of imide groups is 1. The van der Waals surface area contributed by atoms with Gasteiger partial charge in [-0.05, 0) is 18.1 Å². The van der Waals surface area contributed by atoms with E-state index in [2.05, 4.69) is 10.5 Å². The molecule has 0 radical (unpaired) electrons. The summed E-state index contributed by atoms with van der Waals surface area (Å²) >= 11 is 0. The molecular formula is C18H19N3NiO6+2. The van der Waals surface area contributed by atoms with Crippen LogP contribution in [0.3, 0.4) is 0 Å². The van der Waals surface area contributed by atoms with Crippen LogP contribution in [0, 0.1) is 5.92 Å². The number of amides is 2. The van der Waals surface area contributed by atoms with Crippen molar-refractivity contribution in [1.29, 1.82) is 0 Å². The first kappa shape index (κ1) is 21.6. The predicted molar refractivity (Wildman–Crippen MR) is 94.0 cm³/mol. The van der Waals surface area contributed by atoms with Crippen molar-refractivity contribution < 1.29 is 45.1 Å². The number of rotatable bonds is 4. The molecule has 1 saturated heterocycles. The molecule has 1 aromatic carbocycles. The fraction of sp³-hybridized carbons (Fsp3) is 0.389. The topological polar surface area (TPSA) is 114 Å². The Morgan fingerprint density at radius 1 is 1.07 bits per heavy atom. The van der Waals surface area contributed by atoms with E-state index in [0.717, 1.165) is 0 Å². The number of esters is 2. The van der Waals surface area contributed by atoms with E-state index in [0.29, 0.717) is 0 Å². The zero-order valence-electron chi connectivity index (χ0n) is 15.7. The summed E-state index contributed by atoms with van der Waals surface area (Å²) in [6, 6.07) is 4.64. The molecule has 0 spiro atoms. The molecule has 2 aliphatic rings. The maximum atomic E-state index is 12.7. The zero-order valence-corrected chi connectivity index (χ0v) is 16.7. The zero-order chi connectivity index (χ0) is 19.9. The van der Waals surface area contributed by atoms with Gasteiger partial charge in [-0.2, -0.15) is 5.10 Å². The molecule has 10 heteroatoms. The number of ether oxygens (including phenoxy) is 2. The van der Waals surface area contributed by atoms with E-state index in [4.69, 9.17) is 9.47 Å². The van der Waals surface area contributed by atoms with Crippen LogP contribution in [0.2, 0.25) is 0 Å². The van der Waals surface area contributed by atoms with E-state index < -0.39 is 35.3 Å². The number of nitrogens with one attached hydrogen (secondary N) is 1. The van der Waals surface area contributed by atoms with Gasteiger partial charge in [0.15, 0.2) is 0 Å². The van der Waals surface area contributed by atoms with Crippen molar-refractivity contribution in [2.24, 2.45) is 11.0 Å². The molecule has 1 fully saturated rings. The summed E-state index contributed by atoms with van der Waals surface area (Å²) < 4.78 is 9.91. The number of anilines is 1. The molecule has 2 aliphatic heterocycles. The Morgan fingerprint density at radius 2 is 1.68 bits per heavy atom. The second kappa shape index (κ2) is 7.71. The molecular weight excluding hydrogens is 413 g/mol. The Bertz CT molecular complexity index is 871. The molecule has 150 valence electrons. The molecule has 0 bridgehead atoms. The number of carbonyl (C=O) groups is 4. The van der Waals surface area contributed by atoms with E-state index >= 15 is 0 Å². The van der Waals surface area contributed by atoms with Gasteiger partial charge >= 0.3 is 28.4 Å². The second-order valence-corrected chi connectivity index (χ2v) is 7.09. The van der Waals surface area contributed by atoms with Crippen molar-refractivity contribution in [2.75, 3.05) is 12.0 Å². The molecule has 0 atom stereocenters. The van der Waals surface area contributed by atoms with Crippen molar-refractivity contribution in [3.8, 4) is 0 Å². The fourth-order valence-corrected chi connectivity index (χ4v) is 2.81. The molecule has 2 heterocycles. The molecule has 3 rings (SSSR count).